The number of isocyanates is 1. The Balaban J connectivity index is 2.64. The van der Waals surface area contributed by atoms with Gasteiger partial charge in [0.15, 0.2) is 0 Å². The highest BCUT2D eigenvalue weighted by molar-refractivity contribution is 5.52. The van der Waals surface area contributed by atoms with E-state index in [4.69, 9.17) is 4.74 Å². The molecule has 0 aliphatic heterocycles. The number of nitrogens with zero attached hydrogens (tertiary/aromatic N) is 1. The number of halogens is 1. The molecule has 0 heterocycles. The summed E-state index contributed by atoms with van der Waals surface area (Å²) in [5, 5.41) is 0. The average Bonchev–Trinajstić information content (AvgIpc) is 3.06. The van der Waals surface area contributed by atoms with Gasteiger partial charge in [0, 0.05) is 5.56 Å². The average molecular weight is 235 g/mol. The molecule has 0 unspecified atom stereocenters. The Kier molecular flexibility index (Phi) is 2.76. The zero-order valence-corrected chi connectivity index (χ0v) is 10.1. The Morgan fingerprint density at radius 1 is 1.41 bits per heavy atom. The Morgan fingerprint density at radius 3 is 2.53 bits per heavy atom. The highest BCUT2D eigenvalue weighted by Gasteiger charge is 2.46. The van der Waals surface area contributed by atoms with Crippen LogP contribution in [0.2, 0.25) is 0 Å². The monoisotopic (exact) mass is 235 g/mol. The van der Waals surface area contributed by atoms with Crippen molar-refractivity contribution in [3.8, 4) is 5.75 Å². The van der Waals surface area contributed by atoms with Gasteiger partial charge in [0.1, 0.15) is 11.6 Å². The largest absolute Gasteiger partial charge is 0.496 e. The van der Waals surface area contributed by atoms with Crippen LogP contribution in [0.25, 0.3) is 0 Å². The van der Waals surface area contributed by atoms with E-state index in [0.717, 1.165) is 24.0 Å². The second-order valence-electron chi connectivity index (χ2n) is 4.42. The minimum atomic E-state index is -0.562. The standard InChI is InChI=1S/C13H14FNO2/c1-8-10(13(4-5-13)15-7-16)6-11(14)9(2)12(8)17-3/h6H,4-5H2,1-3H3. The molecule has 0 radical (unpaired) electrons. The van der Waals surface area contributed by atoms with Crippen molar-refractivity contribution in [2.24, 2.45) is 4.99 Å². The number of ether oxygens (including phenoxy) is 1. The normalized spacial score (nSPS) is 16.2. The van der Waals surface area contributed by atoms with Crippen molar-refractivity contribution in [3.63, 3.8) is 0 Å². The van der Waals surface area contributed by atoms with E-state index in [1.807, 2.05) is 6.92 Å². The third-order valence-electron chi connectivity index (χ3n) is 3.40. The van der Waals surface area contributed by atoms with Gasteiger partial charge in [-0.3, -0.25) is 0 Å². The third-order valence-corrected chi connectivity index (χ3v) is 3.40. The van der Waals surface area contributed by atoms with E-state index in [0.29, 0.717) is 11.3 Å². The fourth-order valence-electron chi connectivity index (χ4n) is 2.29. The number of rotatable bonds is 3. The quantitative estimate of drug-likeness (QED) is 0.597. The van der Waals surface area contributed by atoms with Gasteiger partial charge < -0.3 is 4.74 Å². The van der Waals surface area contributed by atoms with Crippen LogP contribution in [0.5, 0.6) is 5.75 Å². The van der Waals surface area contributed by atoms with Gasteiger partial charge in [0.2, 0.25) is 6.08 Å². The van der Waals surface area contributed by atoms with Gasteiger partial charge in [-0.25, -0.2) is 9.18 Å². The molecule has 0 spiro atoms. The molecule has 0 N–H and O–H groups in total. The first-order valence-electron chi connectivity index (χ1n) is 5.49. The first kappa shape index (κ1) is 11.8. The SMILES string of the molecule is COc1c(C)c(F)cc(C2(N=C=O)CC2)c1C. The highest BCUT2D eigenvalue weighted by Crippen LogP contribution is 2.52. The summed E-state index contributed by atoms with van der Waals surface area (Å²) in [5.41, 5.74) is 1.51. The molecule has 1 fully saturated rings. The molecule has 90 valence electrons. The molecular weight excluding hydrogens is 221 g/mol. The van der Waals surface area contributed by atoms with Crippen molar-refractivity contribution < 1.29 is 13.9 Å². The molecule has 0 bridgehead atoms. The van der Waals surface area contributed by atoms with Crippen molar-refractivity contribution in [1.29, 1.82) is 0 Å². The minimum absolute atomic E-state index is 0.324. The number of methoxy groups -OCH3 is 1. The van der Waals surface area contributed by atoms with E-state index >= 15 is 0 Å². The zero-order valence-electron chi connectivity index (χ0n) is 10.1. The van der Waals surface area contributed by atoms with E-state index in [2.05, 4.69) is 4.99 Å². The highest BCUT2D eigenvalue weighted by atomic mass is 19.1. The summed E-state index contributed by atoms with van der Waals surface area (Å²) in [6, 6.07) is 1.46. The van der Waals surface area contributed by atoms with E-state index in [-0.39, 0.29) is 5.82 Å². The molecule has 3 nitrogen and oxygen atoms in total. The van der Waals surface area contributed by atoms with E-state index in [9.17, 15) is 9.18 Å². The molecule has 1 aliphatic carbocycles. The molecule has 17 heavy (non-hydrogen) atoms. The van der Waals surface area contributed by atoms with Crippen molar-refractivity contribution in [3.05, 3.63) is 28.6 Å². The van der Waals surface area contributed by atoms with Gasteiger partial charge in [-0.2, -0.15) is 4.99 Å². The summed E-state index contributed by atoms with van der Waals surface area (Å²) < 4.78 is 19.0. The van der Waals surface area contributed by atoms with Crippen LogP contribution in [-0.4, -0.2) is 13.2 Å². The molecule has 2 rings (SSSR count). The van der Waals surface area contributed by atoms with Crippen LogP contribution in [-0.2, 0) is 10.3 Å². The van der Waals surface area contributed by atoms with Crippen molar-refractivity contribution in [2.45, 2.75) is 32.2 Å². The van der Waals surface area contributed by atoms with Crippen LogP contribution in [0.15, 0.2) is 11.1 Å². The lowest BCUT2D eigenvalue weighted by molar-refractivity contribution is 0.402. The van der Waals surface area contributed by atoms with E-state index < -0.39 is 5.54 Å². The second-order valence-corrected chi connectivity index (χ2v) is 4.42. The minimum Gasteiger partial charge on any atom is -0.496 e. The van der Waals surface area contributed by atoms with Crippen LogP contribution in [0.1, 0.15) is 29.5 Å². The van der Waals surface area contributed by atoms with Gasteiger partial charge in [0.25, 0.3) is 0 Å². The number of aliphatic imine (C=N–C) groups is 1. The van der Waals surface area contributed by atoms with Crippen molar-refractivity contribution in [2.75, 3.05) is 7.11 Å². The van der Waals surface area contributed by atoms with Crippen molar-refractivity contribution in [1.82, 2.24) is 0 Å². The summed E-state index contributed by atoms with van der Waals surface area (Å²) in [6.07, 6.45) is 3.10. The lowest BCUT2D eigenvalue weighted by Gasteiger charge is -2.17. The molecular formula is C13H14FNO2. The van der Waals surface area contributed by atoms with Crippen molar-refractivity contribution >= 4 is 6.08 Å². The Bertz CT molecular complexity index is 515. The number of hydrogen-bond acceptors (Lipinski definition) is 3. The first-order chi connectivity index (χ1) is 8.05. The molecule has 4 heteroatoms. The Morgan fingerprint density at radius 2 is 2.06 bits per heavy atom. The fourth-order valence-corrected chi connectivity index (χ4v) is 2.29. The fraction of sp³-hybridized carbons (Fsp3) is 0.462. The van der Waals surface area contributed by atoms with Gasteiger partial charge in [0.05, 0.1) is 12.6 Å². The maximum absolute atomic E-state index is 13.8. The van der Waals surface area contributed by atoms with E-state index in [1.54, 1.807) is 13.0 Å². The maximum atomic E-state index is 13.8. The summed E-state index contributed by atoms with van der Waals surface area (Å²) in [5.74, 6) is 0.210. The summed E-state index contributed by atoms with van der Waals surface area (Å²) in [7, 11) is 1.51. The molecule has 0 aromatic heterocycles. The van der Waals surface area contributed by atoms with Crippen LogP contribution in [0.3, 0.4) is 0 Å². The Hall–Kier alpha value is -1.67. The molecule has 0 saturated heterocycles. The summed E-state index contributed by atoms with van der Waals surface area (Å²) >= 11 is 0. The lowest BCUT2D eigenvalue weighted by atomic mass is 9.96. The number of hydrogen-bond donors (Lipinski definition) is 0. The first-order valence-corrected chi connectivity index (χ1v) is 5.49. The van der Waals surface area contributed by atoms with E-state index in [1.165, 1.54) is 13.2 Å². The molecule has 1 saturated carbocycles. The van der Waals surface area contributed by atoms with Gasteiger partial charge in [-0.1, -0.05) is 0 Å². The summed E-state index contributed by atoms with van der Waals surface area (Å²) in [6.45, 7) is 3.54. The summed E-state index contributed by atoms with van der Waals surface area (Å²) in [4.78, 5) is 14.3. The van der Waals surface area contributed by atoms with Crippen LogP contribution in [0.4, 0.5) is 4.39 Å². The maximum Gasteiger partial charge on any atom is 0.235 e. The van der Waals surface area contributed by atoms with Gasteiger partial charge >= 0.3 is 0 Å². The number of carbonyl (C=O) groups excluding carboxylic acids is 1. The Labute approximate surface area is 99.3 Å². The zero-order chi connectivity index (χ0) is 12.6. The van der Waals surface area contributed by atoms with Gasteiger partial charge in [-0.05, 0) is 43.9 Å². The topological polar surface area (TPSA) is 38.7 Å². The van der Waals surface area contributed by atoms with Crippen LogP contribution >= 0.6 is 0 Å². The smallest absolute Gasteiger partial charge is 0.235 e. The van der Waals surface area contributed by atoms with Gasteiger partial charge in [-0.15, -0.1) is 0 Å². The van der Waals surface area contributed by atoms with Crippen LogP contribution < -0.4 is 4.74 Å². The van der Waals surface area contributed by atoms with Crippen LogP contribution in [0, 0.1) is 19.7 Å². The predicted molar refractivity (Wildman–Crippen MR) is 61.5 cm³/mol. The predicted octanol–water partition coefficient (Wildman–Crippen LogP) is 2.78. The molecule has 1 aromatic rings. The lowest BCUT2D eigenvalue weighted by Crippen LogP contribution is -2.08. The molecule has 1 aliphatic rings. The molecule has 1 aromatic carbocycles. The molecule has 0 atom stereocenters. The number of benzene rings is 1. The molecule has 0 amide bonds. The third kappa shape index (κ3) is 1.75. The second kappa shape index (κ2) is 3.97.